The van der Waals surface area contributed by atoms with E-state index in [9.17, 15) is 5.11 Å². The van der Waals surface area contributed by atoms with Crippen LogP contribution in [0, 0.1) is 5.41 Å². The van der Waals surface area contributed by atoms with Gasteiger partial charge in [0.1, 0.15) is 0 Å². The lowest BCUT2D eigenvalue weighted by atomic mass is 9.69. The molecular formula is C30H44O4Si. The molecule has 2 atom stereocenters. The topological polar surface area (TPSA) is 47.9 Å². The molecule has 0 saturated heterocycles. The maximum absolute atomic E-state index is 10.3. The molecule has 192 valence electrons. The van der Waals surface area contributed by atoms with Crippen molar-refractivity contribution in [2.75, 3.05) is 19.8 Å². The van der Waals surface area contributed by atoms with Crippen LogP contribution < -0.4 is 0 Å². The van der Waals surface area contributed by atoms with Crippen LogP contribution in [-0.4, -0.2) is 39.3 Å². The Kier molecular flexibility index (Phi) is 9.52. The van der Waals surface area contributed by atoms with Gasteiger partial charge in [-0.3, -0.25) is 0 Å². The summed E-state index contributed by atoms with van der Waals surface area (Å²) in [5.41, 5.74) is 4.14. The summed E-state index contributed by atoms with van der Waals surface area (Å²) in [6, 6.07) is 20.6. The fourth-order valence-corrected chi connectivity index (χ4v) is 5.52. The third-order valence-electron chi connectivity index (χ3n) is 7.92. The molecule has 0 fully saturated rings. The standard InChI is InChI=1S/C30H44O4Si/c1-29(2,3)35(5,6)34-23-30(4)27(22-32-20-24-13-9-7-10-14-24)26(19-31)17-18-28(30)33-21-25-15-11-8-12-16-25/h7-16,28,31H,17-23H2,1-6H3/t28-,30-/m0/s1. The number of aliphatic hydroxyl groups is 1. The second kappa shape index (κ2) is 12.0. The Bertz CT molecular complexity index is 949. The first-order chi connectivity index (χ1) is 16.6. The van der Waals surface area contributed by atoms with Crippen molar-refractivity contribution in [1.29, 1.82) is 0 Å². The average molecular weight is 497 g/mol. The lowest BCUT2D eigenvalue weighted by Gasteiger charge is -2.47. The Hall–Kier alpha value is -1.76. The van der Waals surface area contributed by atoms with E-state index >= 15 is 0 Å². The highest BCUT2D eigenvalue weighted by atomic mass is 28.4. The molecule has 5 heteroatoms. The van der Waals surface area contributed by atoms with Crippen molar-refractivity contribution in [2.24, 2.45) is 5.41 Å². The number of ether oxygens (including phenoxy) is 2. The first-order valence-electron chi connectivity index (χ1n) is 12.8. The minimum absolute atomic E-state index is 0.0156. The Morgan fingerprint density at radius 2 is 1.49 bits per heavy atom. The molecule has 3 rings (SSSR count). The number of hydrogen-bond donors (Lipinski definition) is 1. The monoisotopic (exact) mass is 496 g/mol. The van der Waals surface area contributed by atoms with E-state index in [0.717, 1.165) is 29.6 Å². The lowest BCUT2D eigenvalue weighted by Crippen LogP contribution is -2.49. The van der Waals surface area contributed by atoms with Gasteiger partial charge in [-0.1, -0.05) is 88.4 Å². The maximum atomic E-state index is 10.3. The van der Waals surface area contributed by atoms with Gasteiger partial charge in [0.2, 0.25) is 0 Å². The molecule has 2 aromatic rings. The fraction of sp³-hybridized carbons (Fsp3) is 0.533. The molecule has 0 heterocycles. The third-order valence-corrected chi connectivity index (χ3v) is 12.4. The van der Waals surface area contributed by atoms with E-state index in [-0.39, 0.29) is 23.2 Å². The first kappa shape index (κ1) is 27.8. The van der Waals surface area contributed by atoms with Crippen LogP contribution in [0.4, 0.5) is 0 Å². The van der Waals surface area contributed by atoms with Gasteiger partial charge in [0, 0.05) is 12.0 Å². The van der Waals surface area contributed by atoms with Gasteiger partial charge in [-0.25, -0.2) is 0 Å². The highest BCUT2D eigenvalue weighted by Crippen LogP contribution is 2.45. The van der Waals surface area contributed by atoms with Gasteiger partial charge < -0.3 is 19.0 Å². The Labute approximate surface area is 213 Å². The number of benzene rings is 2. The largest absolute Gasteiger partial charge is 0.416 e. The fourth-order valence-electron chi connectivity index (χ4n) is 4.42. The number of hydrogen-bond acceptors (Lipinski definition) is 4. The molecule has 0 bridgehead atoms. The van der Waals surface area contributed by atoms with E-state index in [1.54, 1.807) is 0 Å². The van der Waals surface area contributed by atoms with Crippen LogP contribution in [0.2, 0.25) is 18.1 Å². The molecule has 0 aliphatic heterocycles. The van der Waals surface area contributed by atoms with Crippen LogP contribution >= 0.6 is 0 Å². The zero-order chi connectivity index (χ0) is 25.5. The van der Waals surface area contributed by atoms with Crippen molar-refractivity contribution >= 4 is 8.32 Å². The summed E-state index contributed by atoms with van der Waals surface area (Å²) in [4.78, 5) is 0. The van der Waals surface area contributed by atoms with E-state index in [0.29, 0.717) is 26.4 Å². The van der Waals surface area contributed by atoms with Crippen molar-refractivity contribution < 1.29 is 19.0 Å². The molecule has 0 spiro atoms. The average Bonchev–Trinajstić information content (AvgIpc) is 2.84. The molecule has 0 unspecified atom stereocenters. The van der Waals surface area contributed by atoms with E-state index < -0.39 is 8.32 Å². The predicted molar refractivity (Wildman–Crippen MR) is 146 cm³/mol. The van der Waals surface area contributed by atoms with Crippen molar-refractivity contribution in [3.63, 3.8) is 0 Å². The van der Waals surface area contributed by atoms with Gasteiger partial charge in [-0.05, 0) is 53.2 Å². The van der Waals surface area contributed by atoms with Crippen LogP contribution in [-0.2, 0) is 27.1 Å². The Balaban J connectivity index is 1.84. The van der Waals surface area contributed by atoms with E-state index in [2.05, 4.69) is 65.1 Å². The van der Waals surface area contributed by atoms with Gasteiger partial charge >= 0.3 is 0 Å². The zero-order valence-electron chi connectivity index (χ0n) is 22.5. The lowest BCUT2D eigenvalue weighted by molar-refractivity contribution is -0.0632. The van der Waals surface area contributed by atoms with Gasteiger partial charge in [0.25, 0.3) is 0 Å². The molecule has 35 heavy (non-hydrogen) atoms. The normalized spacial score (nSPS) is 21.4. The van der Waals surface area contributed by atoms with E-state index in [1.807, 2.05) is 36.4 Å². The zero-order valence-corrected chi connectivity index (χ0v) is 23.5. The molecule has 1 aliphatic rings. The molecular weight excluding hydrogens is 452 g/mol. The van der Waals surface area contributed by atoms with Gasteiger partial charge in [0.05, 0.1) is 32.5 Å². The molecule has 0 amide bonds. The SMILES string of the molecule is CC(C)(C)[Si](C)(C)OC[C@@]1(C)C(COCc2ccccc2)=C(CO)CC[C@@H]1OCc1ccccc1. The van der Waals surface area contributed by atoms with Crippen LogP contribution in [0.1, 0.15) is 51.7 Å². The maximum Gasteiger partial charge on any atom is 0.192 e. The van der Waals surface area contributed by atoms with E-state index in [1.165, 1.54) is 5.56 Å². The predicted octanol–water partition coefficient (Wildman–Crippen LogP) is 6.90. The van der Waals surface area contributed by atoms with Crippen molar-refractivity contribution in [3.05, 3.63) is 82.9 Å². The van der Waals surface area contributed by atoms with Gasteiger partial charge in [-0.15, -0.1) is 0 Å². The van der Waals surface area contributed by atoms with Gasteiger partial charge in [-0.2, -0.15) is 0 Å². The highest BCUT2D eigenvalue weighted by molar-refractivity contribution is 6.74. The molecule has 4 nitrogen and oxygen atoms in total. The minimum Gasteiger partial charge on any atom is -0.416 e. The van der Waals surface area contributed by atoms with Crippen molar-refractivity contribution in [1.82, 2.24) is 0 Å². The van der Waals surface area contributed by atoms with Crippen LogP contribution in [0.5, 0.6) is 0 Å². The first-order valence-corrected chi connectivity index (χ1v) is 15.7. The summed E-state index contributed by atoms with van der Waals surface area (Å²) in [6.07, 6.45) is 1.66. The van der Waals surface area contributed by atoms with Crippen LogP contribution in [0.15, 0.2) is 71.8 Å². The summed E-state index contributed by atoms with van der Waals surface area (Å²) in [5.74, 6) is 0. The third kappa shape index (κ3) is 7.14. The molecule has 0 saturated carbocycles. The molecule has 0 radical (unpaired) electrons. The Morgan fingerprint density at radius 3 is 2.03 bits per heavy atom. The van der Waals surface area contributed by atoms with Crippen molar-refractivity contribution in [3.8, 4) is 0 Å². The highest BCUT2D eigenvalue weighted by Gasteiger charge is 2.46. The quantitative estimate of drug-likeness (QED) is 0.271. The Morgan fingerprint density at radius 1 is 0.914 bits per heavy atom. The second-order valence-electron chi connectivity index (χ2n) is 11.5. The van der Waals surface area contributed by atoms with Crippen LogP contribution in [0.3, 0.4) is 0 Å². The van der Waals surface area contributed by atoms with Gasteiger partial charge in [0.15, 0.2) is 8.32 Å². The van der Waals surface area contributed by atoms with Crippen LogP contribution in [0.25, 0.3) is 0 Å². The summed E-state index contributed by atoms with van der Waals surface area (Å²) in [7, 11) is -1.98. The molecule has 2 aromatic carbocycles. The van der Waals surface area contributed by atoms with E-state index in [4.69, 9.17) is 13.9 Å². The summed E-state index contributed by atoms with van der Waals surface area (Å²) in [5, 5.41) is 10.4. The minimum atomic E-state index is -1.98. The molecule has 1 aliphatic carbocycles. The summed E-state index contributed by atoms with van der Waals surface area (Å²) in [6.45, 7) is 15.8. The summed E-state index contributed by atoms with van der Waals surface area (Å²) >= 11 is 0. The number of rotatable bonds is 11. The van der Waals surface area contributed by atoms with Crippen molar-refractivity contribution in [2.45, 2.75) is 78.0 Å². The number of aliphatic hydroxyl groups excluding tert-OH is 1. The smallest absolute Gasteiger partial charge is 0.192 e. The second-order valence-corrected chi connectivity index (χ2v) is 16.3. The molecule has 1 N–H and O–H groups in total. The molecule has 0 aromatic heterocycles. The summed E-state index contributed by atoms with van der Waals surface area (Å²) < 4.78 is 19.6.